The van der Waals surface area contributed by atoms with Crippen LogP contribution >= 0.6 is 11.6 Å². The van der Waals surface area contributed by atoms with Crippen LogP contribution in [0.2, 0.25) is 5.02 Å². The van der Waals surface area contributed by atoms with Gasteiger partial charge in [-0.1, -0.05) is 29.8 Å². The van der Waals surface area contributed by atoms with Crippen LogP contribution in [0.1, 0.15) is 15.9 Å². The summed E-state index contributed by atoms with van der Waals surface area (Å²) in [6.07, 6.45) is 1.11. The summed E-state index contributed by atoms with van der Waals surface area (Å²) < 4.78 is 31.0. The van der Waals surface area contributed by atoms with Crippen molar-refractivity contribution in [2.75, 3.05) is 30.8 Å². The molecule has 2 aromatic rings. The molecule has 0 heterocycles. The van der Waals surface area contributed by atoms with Gasteiger partial charge in [-0.3, -0.25) is 9.10 Å². The molecule has 0 aromatic heterocycles. The van der Waals surface area contributed by atoms with Crippen molar-refractivity contribution in [1.82, 2.24) is 5.32 Å². The molecule has 0 aliphatic rings. The monoisotopic (exact) mass is 396 g/mol. The van der Waals surface area contributed by atoms with Crippen LogP contribution in [-0.2, 0) is 10.0 Å². The second kappa shape index (κ2) is 8.42. The van der Waals surface area contributed by atoms with E-state index >= 15 is 0 Å². The maximum Gasteiger partial charge on any atom is 0.251 e. The van der Waals surface area contributed by atoms with Crippen molar-refractivity contribution in [3.05, 3.63) is 58.6 Å². The summed E-state index contributed by atoms with van der Waals surface area (Å²) >= 11 is 6.09. The Hall–Kier alpha value is -2.25. The maximum absolute atomic E-state index is 12.3. The highest BCUT2D eigenvalue weighted by atomic mass is 35.5. The molecule has 8 heteroatoms. The second-order valence-electron chi connectivity index (χ2n) is 5.73. The zero-order chi connectivity index (χ0) is 19.3. The Bertz CT molecular complexity index is 886. The van der Waals surface area contributed by atoms with Gasteiger partial charge in [0.15, 0.2) is 0 Å². The first-order valence-electron chi connectivity index (χ1n) is 7.89. The largest absolute Gasteiger partial charge is 0.494 e. The van der Waals surface area contributed by atoms with Crippen LogP contribution in [-0.4, -0.2) is 40.8 Å². The van der Waals surface area contributed by atoms with Crippen LogP contribution in [0, 0.1) is 6.92 Å². The number of aryl methyl sites for hydroxylation is 1. The molecule has 6 nitrogen and oxygen atoms in total. The Balaban J connectivity index is 2.20. The van der Waals surface area contributed by atoms with Gasteiger partial charge in [-0.05, 0) is 30.7 Å². The number of carbonyl (C=O) groups is 1. The number of hydrogen-bond acceptors (Lipinski definition) is 4. The van der Waals surface area contributed by atoms with Crippen LogP contribution in [0.25, 0.3) is 0 Å². The third-order valence-electron chi connectivity index (χ3n) is 3.77. The Morgan fingerprint density at radius 2 is 1.88 bits per heavy atom. The third kappa shape index (κ3) is 4.89. The van der Waals surface area contributed by atoms with Gasteiger partial charge in [-0.25, -0.2) is 8.42 Å². The zero-order valence-corrected chi connectivity index (χ0v) is 16.4. The lowest BCUT2D eigenvalue weighted by Crippen LogP contribution is -2.38. The van der Waals surface area contributed by atoms with E-state index in [0.717, 1.165) is 11.8 Å². The predicted octanol–water partition coefficient (Wildman–Crippen LogP) is 2.85. The molecule has 0 saturated heterocycles. The number of hydrogen-bond donors (Lipinski definition) is 1. The zero-order valence-electron chi connectivity index (χ0n) is 14.8. The molecular weight excluding hydrogens is 376 g/mol. The number of ether oxygens (including phenoxy) is 1. The molecule has 1 N–H and O–H groups in total. The Labute approximate surface area is 158 Å². The average Bonchev–Trinajstić information content (AvgIpc) is 2.60. The second-order valence-corrected chi connectivity index (χ2v) is 8.04. The highest BCUT2D eigenvalue weighted by Gasteiger charge is 2.22. The highest BCUT2D eigenvalue weighted by molar-refractivity contribution is 7.92. The molecule has 0 unspecified atom stereocenters. The molecule has 2 rings (SSSR count). The van der Waals surface area contributed by atoms with E-state index in [9.17, 15) is 13.2 Å². The summed E-state index contributed by atoms with van der Waals surface area (Å²) in [5, 5.41) is 3.21. The maximum atomic E-state index is 12.3. The Morgan fingerprint density at radius 3 is 2.46 bits per heavy atom. The van der Waals surface area contributed by atoms with Gasteiger partial charge in [0.1, 0.15) is 5.75 Å². The topological polar surface area (TPSA) is 75.7 Å². The van der Waals surface area contributed by atoms with Gasteiger partial charge in [0.05, 0.1) is 25.6 Å². The van der Waals surface area contributed by atoms with E-state index < -0.39 is 10.0 Å². The first-order chi connectivity index (χ1) is 12.2. The van der Waals surface area contributed by atoms with E-state index in [1.807, 2.05) is 6.07 Å². The predicted molar refractivity (Wildman–Crippen MR) is 104 cm³/mol. The summed E-state index contributed by atoms with van der Waals surface area (Å²) in [6.45, 7) is 1.99. The average molecular weight is 397 g/mol. The standard InChI is InChI=1S/C18H21ClN2O4S/c1-13-11-16(17(25-2)12-15(13)19)21(26(3,23)24)10-9-20-18(22)14-7-5-4-6-8-14/h4-8,11-12H,9-10H2,1-3H3,(H,20,22). The fraction of sp³-hybridized carbons (Fsp3) is 0.278. The SMILES string of the molecule is COc1cc(Cl)c(C)cc1N(CCNC(=O)c1ccccc1)S(C)(=O)=O. The molecule has 26 heavy (non-hydrogen) atoms. The van der Waals surface area contributed by atoms with E-state index in [4.69, 9.17) is 16.3 Å². The van der Waals surface area contributed by atoms with Crippen molar-refractivity contribution >= 4 is 33.2 Å². The normalized spacial score (nSPS) is 11.1. The molecule has 140 valence electrons. The number of sulfonamides is 1. The molecule has 0 aliphatic carbocycles. The van der Waals surface area contributed by atoms with E-state index in [1.54, 1.807) is 43.3 Å². The van der Waals surface area contributed by atoms with Crippen LogP contribution < -0.4 is 14.4 Å². The first-order valence-corrected chi connectivity index (χ1v) is 10.1. The quantitative estimate of drug-likeness (QED) is 0.780. The molecule has 0 bridgehead atoms. The van der Waals surface area contributed by atoms with E-state index in [-0.39, 0.29) is 19.0 Å². The highest BCUT2D eigenvalue weighted by Crippen LogP contribution is 2.34. The van der Waals surface area contributed by atoms with Gasteiger partial charge in [-0.15, -0.1) is 0 Å². The van der Waals surface area contributed by atoms with Crippen molar-refractivity contribution < 1.29 is 17.9 Å². The summed E-state index contributed by atoms with van der Waals surface area (Å²) in [5.41, 5.74) is 1.62. The van der Waals surface area contributed by atoms with Crippen molar-refractivity contribution in [2.24, 2.45) is 0 Å². The molecule has 0 atom stereocenters. The molecule has 0 radical (unpaired) electrons. The van der Waals surface area contributed by atoms with E-state index in [2.05, 4.69) is 5.32 Å². The van der Waals surface area contributed by atoms with Crippen molar-refractivity contribution in [1.29, 1.82) is 0 Å². The molecule has 2 aromatic carbocycles. The number of nitrogens with one attached hydrogen (secondary N) is 1. The summed E-state index contributed by atoms with van der Waals surface area (Å²) in [4.78, 5) is 12.1. The number of amides is 1. The van der Waals surface area contributed by atoms with Crippen LogP contribution in [0.5, 0.6) is 5.75 Å². The van der Waals surface area contributed by atoms with Crippen molar-refractivity contribution in [2.45, 2.75) is 6.92 Å². The third-order valence-corrected chi connectivity index (χ3v) is 5.35. The number of halogens is 1. The summed E-state index contributed by atoms with van der Waals surface area (Å²) in [6, 6.07) is 12.0. The summed E-state index contributed by atoms with van der Waals surface area (Å²) in [5.74, 6) is 0.0821. The molecule has 1 amide bonds. The van der Waals surface area contributed by atoms with Gasteiger partial charge in [0, 0.05) is 23.2 Å². The lowest BCUT2D eigenvalue weighted by molar-refractivity contribution is 0.0955. The molecule has 0 saturated carbocycles. The number of rotatable bonds is 7. The number of benzene rings is 2. The lowest BCUT2D eigenvalue weighted by atomic mass is 10.2. The van der Waals surface area contributed by atoms with Crippen LogP contribution in [0.15, 0.2) is 42.5 Å². The van der Waals surface area contributed by atoms with Crippen LogP contribution in [0.3, 0.4) is 0 Å². The number of methoxy groups -OCH3 is 1. The number of carbonyl (C=O) groups excluding carboxylic acids is 1. The van der Waals surface area contributed by atoms with Gasteiger partial charge in [0.2, 0.25) is 10.0 Å². The van der Waals surface area contributed by atoms with Gasteiger partial charge in [-0.2, -0.15) is 0 Å². The summed E-state index contributed by atoms with van der Waals surface area (Å²) in [7, 11) is -2.14. The minimum atomic E-state index is -3.58. The van der Waals surface area contributed by atoms with Gasteiger partial charge < -0.3 is 10.1 Å². The van der Waals surface area contributed by atoms with Crippen LogP contribution in [0.4, 0.5) is 5.69 Å². The smallest absolute Gasteiger partial charge is 0.251 e. The Morgan fingerprint density at radius 1 is 1.23 bits per heavy atom. The first kappa shape index (κ1) is 20.1. The molecule has 0 spiro atoms. The van der Waals surface area contributed by atoms with Crippen molar-refractivity contribution in [3.8, 4) is 5.75 Å². The van der Waals surface area contributed by atoms with E-state index in [0.29, 0.717) is 22.0 Å². The fourth-order valence-corrected chi connectivity index (χ4v) is 3.51. The number of nitrogens with zero attached hydrogens (tertiary/aromatic N) is 1. The molecule has 0 fully saturated rings. The molecular formula is C18H21ClN2O4S. The van der Waals surface area contributed by atoms with Crippen molar-refractivity contribution in [3.63, 3.8) is 0 Å². The Kier molecular flexibility index (Phi) is 6.50. The number of anilines is 1. The van der Waals surface area contributed by atoms with E-state index in [1.165, 1.54) is 11.4 Å². The van der Waals surface area contributed by atoms with Gasteiger partial charge >= 0.3 is 0 Å². The lowest BCUT2D eigenvalue weighted by Gasteiger charge is -2.25. The molecule has 0 aliphatic heterocycles. The van der Waals surface area contributed by atoms with Gasteiger partial charge in [0.25, 0.3) is 5.91 Å². The minimum absolute atomic E-state index is 0.0643. The fourth-order valence-electron chi connectivity index (χ4n) is 2.43. The minimum Gasteiger partial charge on any atom is -0.494 e.